The zero-order valence-electron chi connectivity index (χ0n) is 7.79. The highest BCUT2D eigenvalue weighted by Gasteiger charge is 2.14. The molecule has 1 amide bonds. The summed E-state index contributed by atoms with van der Waals surface area (Å²) in [4.78, 5) is 21.4. The van der Waals surface area contributed by atoms with Gasteiger partial charge in [-0.15, -0.1) is 0 Å². The van der Waals surface area contributed by atoms with Crippen LogP contribution < -0.4 is 11.5 Å². The molecule has 0 radical (unpaired) electrons. The summed E-state index contributed by atoms with van der Waals surface area (Å²) in [5.74, 6) is -0.929. The van der Waals surface area contributed by atoms with Gasteiger partial charge >= 0.3 is 5.97 Å². The minimum atomic E-state index is -0.737. The third kappa shape index (κ3) is 6.10. The van der Waals surface area contributed by atoms with E-state index in [4.69, 9.17) is 16.2 Å². The molecule has 0 aromatic rings. The van der Waals surface area contributed by atoms with Crippen LogP contribution >= 0.6 is 0 Å². The Balaban J connectivity index is 3.62. The largest absolute Gasteiger partial charge is 0.465 e. The molecular weight excluding hydrogens is 172 g/mol. The maximum Gasteiger partial charge on any atom is 0.322 e. The Labute approximate surface area is 77.4 Å². The van der Waals surface area contributed by atoms with Crippen LogP contribution in [-0.2, 0) is 14.3 Å². The van der Waals surface area contributed by atoms with Crippen molar-refractivity contribution in [3.05, 3.63) is 0 Å². The zero-order valence-corrected chi connectivity index (χ0v) is 7.79. The van der Waals surface area contributed by atoms with E-state index in [1.165, 1.54) is 0 Å². The standard InChI is InChI=1S/C8H16N2O3/c1-2-5-13-8(12)6(9)3-4-7(10)11/h6H,2-5,9H2,1H3,(H2,10,11)/t6-/m0/s1. The number of hydrogen-bond donors (Lipinski definition) is 2. The third-order valence-electron chi connectivity index (χ3n) is 1.45. The first-order valence-corrected chi connectivity index (χ1v) is 4.28. The van der Waals surface area contributed by atoms with Gasteiger partial charge in [0.1, 0.15) is 6.04 Å². The van der Waals surface area contributed by atoms with Gasteiger partial charge < -0.3 is 16.2 Å². The molecule has 0 rings (SSSR count). The molecule has 0 aliphatic carbocycles. The lowest BCUT2D eigenvalue weighted by molar-refractivity contribution is -0.145. The number of carbonyl (C=O) groups excluding carboxylic acids is 2. The molecule has 0 bridgehead atoms. The minimum Gasteiger partial charge on any atom is -0.465 e. The van der Waals surface area contributed by atoms with Gasteiger partial charge in [-0.05, 0) is 12.8 Å². The van der Waals surface area contributed by atoms with E-state index in [-0.39, 0.29) is 12.8 Å². The normalized spacial score (nSPS) is 12.2. The van der Waals surface area contributed by atoms with Crippen molar-refractivity contribution < 1.29 is 14.3 Å². The summed E-state index contributed by atoms with van der Waals surface area (Å²) < 4.78 is 4.77. The fraction of sp³-hybridized carbons (Fsp3) is 0.750. The molecule has 5 heteroatoms. The Morgan fingerprint density at radius 3 is 2.54 bits per heavy atom. The summed E-state index contributed by atoms with van der Waals surface area (Å²) in [6.45, 7) is 2.26. The van der Waals surface area contributed by atoms with Crippen LogP contribution in [0.3, 0.4) is 0 Å². The van der Waals surface area contributed by atoms with Crippen LogP contribution in [0.5, 0.6) is 0 Å². The predicted octanol–water partition coefficient (Wildman–Crippen LogP) is -0.468. The molecular formula is C8H16N2O3. The lowest BCUT2D eigenvalue weighted by Crippen LogP contribution is -2.33. The van der Waals surface area contributed by atoms with Gasteiger partial charge in [-0.2, -0.15) is 0 Å². The van der Waals surface area contributed by atoms with E-state index >= 15 is 0 Å². The van der Waals surface area contributed by atoms with Crippen molar-refractivity contribution in [3.8, 4) is 0 Å². The van der Waals surface area contributed by atoms with Crippen molar-refractivity contribution in [1.82, 2.24) is 0 Å². The number of ether oxygens (including phenoxy) is 1. The van der Waals surface area contributed by atoms with Crippen LogP contribution in [0.2, 0.25) is 0 Å². The SMILES string of the molecule is CCCOC(=O)[C@@H](N)CCC(N)=O. The number of primary amides is 1. The molecule has 0 aromatic heterocycles. The first-order chi connectivity index (χ1) is 6.07. The Kier molecular flexibility index (Phi) is 5.88. The molecule has 0 saturated carbocycles. The quantitative estimate of drug-likeness (QED) is 0.551. The van der Waals surface area contributed by atoms with Crippen molar-refractivity contribution >= 4 is 11.9 Å². The van der Waals surface area contributed by atoms with Crippen LogP contribution in [-0.4, -0.2) is 24.5 Å². The summed E-state index contributed by atoms with van der Waals surface area (Å²) in [7, 11) is 0. The Bertz CT molecular complexity index is 182. The molecule has 0 fully saturated rings. The summed E-state index contributed by atoms with van der Waals surface area (Å²) in [5.41, 5.74) is 10.3. The highest BCUT2D eigenvalue weighted by atomic mass is 16.5. The summed E-state index contributed by atoms with van der Waals surface area (Å²) in [6.07, 6.45) is 1.12. The maximum atomic E-state index is 11.0. The number of esters is 1. The smallest absolute Gasteiger partial charge is 0.322 e. The van der Waals surface area contributed by atoms with Gasteiger partial charge in [-0.25, -0.2) is 0 Å². The van der Waals surface area contributed by atoms with E-state index in [2.05, 4.69) is 0 Å². The number of hydrogen-bond acceptors (Lipinski definition) is 4. The second-order valence-corrected chi connectivity index (χ2v) is 2.78. The second-order valence-electron chi connectivity index (χ2n) is 2.78. The lowest BCUT2D eigenvalue weighted by atomic mass is 10.1. The van der Waals surface area contributed by atoms with Crippen molar-refractivity contribution in [2.75, 3.05) is 6.61 Å². The topological polar surface area (TPSA) is 95.4 Å². The fourth-order valence-corrected chi connectivity index (χ4v) is 0.725. The van der Waals surface area contributed by atoms with E-state index in [0.717, 1.165) is 6.42 Å². The average Bonchev–Trinajstić information content (AvgIpc) is 2.10. The third-order valence-corrected chi connectivity index (χ3v) is 1.45. The van der Waals surface area contributed by atoms with E-state index < -0.39 is 17.9 Å². The predicted molar refractivity (Wildman–Crippen MR) is 47.7 cm³/mol. The molecule has 1 atom stereocenters. The van der Waals surface area contributed by atoms with Gasteiger partial charge in [0.25, 0.3) is 0 Å². The molecule has 76 valence electrons. The maximum absolute atomic E-state index is 11.0. The van der Waals surface area contributed by atoms with Crippen LogP contribution in [0.25, 0.3) is 0 Å². The van der Waals surface area contributed by atoms with Gasteiger partial charge in [0.15, 0.2) is 0 Å². The van der Waals surface area contributed by atoms with Crippen LogP contribution in [0.15, 0.2) is 0 Å². The second kappa shape index (κ2) is 6.42. The zero-order chi connectivity index (χ0) is 10.3. The van der Waals surface area contributed by atoms with E-state index in [0.29, 0.717) is 6.61 Å². The minimum absolute atomic E-state index is 0.113. The van der Waals surface area contributed by atoms with Gasteiger partial charge in [-0.1, -0.05) is 6.92 Å². The molecule has 4 N–H and O–H groups in total. The van der Waals surface area contributed by atoms with Gasteiger partial charge in [0, 0.05) is 6.42 Å². The molecule has 0 aromatic carbocycles. The van der Waals surface area contributed by atoms with Crippen molar-refractivity contribution in [2.45, 2.75) is 32.2 Å². The first kappa shape index (κ1) is 11.9. The molecule has 0 aliphatic heterocycles. The van der Waals surface area contributed by atoms with E-state index in [1.54, 1.807) is 0 Å². The lowest BCUT2D eigenvalue weighted by Gasteiger charge is -2.09. The van der Waals surface area contributed by atoms with Gasteiger partial charge in [-0.3, -0.25) is 9.59 Å². The van der Waals surface area contributed by atoms with E-state index in [9.17, 15) is 9.59 Å². The van der Waals surface area contributed by atoms with Crippen LogP contribution in [0.1, 0.15) is 26.2 Å². The summed E-state index contributed by atoms with van der Waals surface area (Å²) in [5, 5.41) is 0. The van der Waals surface area contributed by atoms with Gasteiger partial charge in [0.05, 0.1) is 6.61 Å². The molecule has 0 unspecified atom stereocenters. The van der Waals surface area contributed by atoms with E-state index in [1.807, 2.05) is 6.92 Å². The number of nitrogens with two attached hydrogens (primary N) is 2. The molecule has 13 heavy (non-hydrogen) atoms. The molecule has 0 aliphatic rings. The van der Waals surface area contributed by atoms with Crippen LogP contribution in [0, 0.1) is 0 Å². The molecule has 5 nitrogen and oxygen atoms in total. The number of rotatable bonds is 6. The Hall–Kier alpha value is -1.10. The summed E-state index contributed by atoms with van der Waals surface area (Å²) in [6, 6.07) is -0.737. The average molecular weight is 188 g/mol. The molecule has 0 spiro atoms. The Morgan fingerprint density at radius 2 is 2.08 bits per heavy atom. The highest BCUT2D eigenvalue weighted by Crippen LogP contribution is 1.96. The number of carbonyl (C=O) groups is 2. The first-order valence-electron chi connectivity index (χ1n) is 4.28. The number of amides is 1. The van der Waals surface area contributed by atoms with Crippen molar-refractivity contribution in [3.63, 3.8) is 0 Å². The van der Waals surface area contributed by atoms with Crippen molar-refractivity contribution in [2.24, 2.45) is 11.5 Å². The summed E-state index contributed by atoms with van der Waals surface area (Å²) >= 11 is 0. The molecule has 0 heterocycles. The highest BCUT2D eigenvalue weighted by molar-refractivity contribution is 5.78. The van der Waals surface area contributed by atoms with Gasteiger partial charge in [0.2, 0.25) is 5.91 Å². The monoisotopic (exact) mass is 188 g/mol. The van der Waals surface area contributed by atoms with Crippen LogP contribution in [0.4, 0.5) is 0 Å². The fourth-order valence-electron chi connectivity index (χ4n) is 0.725. The van der Waals surface area contributed by atoms with Crippen molar-refractivity contribution in [1.29, 1.82) is 0 Å². The molecule has 0 saturated heterocycles. The Morgan fingerprint density at radius 1 is 1.46 bits per heavy atom.